The molecule has 0 saturated heterocycles. The molecular formula is C16H13ClN2O2. The number of nitrogens with zero attached hydrogens (tertiary/aromatic N) is 2. The Balaban J connectivity index is 1.85. The van der Waals surface area contributed by atoms with Crippen molar-refractivity contribution in [1.82, 2.24) is 10.2 Å². The van der Waals surface area contributed by atoms with Gasteiger partial charge >= 0.3 is 0 Å². The lowest BCUT2D eigenvalue weighted by Gasteiger charge is -2.08. The molecule has 0 aliphatic heterocycles. The highest BCUT2D eigenvalue weighted by atomic mass is 35.5. The Labute approximate surface area is 127 Å². The van der Waals surface area contributed by atoms with Crippen molar-refractivity contribution in [3.05, 3.63) is 59.1 Å². The summed E-state index contributed by atoms with van der Waals surface area (Å²) in [6.45, 7) is 0.504. The topological polar surface area (TPSA) is 44.2 Å². The molecule has 0 saturated carbocycles. The predicted octanol–water partition coefficient (Wildman–Crippen LogP) is 3.87. The second-order valence-electron chi connectivity index (χ2n) is 4.48. The first-order chi connectivity index (χ1) is 10.3. The van der Waals surface area contributed by atoms with Gasteiger partial charge in [0.05, 0.1) is 12.6 Å². The van der Waals surface area contributed by atoms with E-state index >= 15 is 0 Å². The van der Waals surface area contributed by atoms with Gasteiger partial charge in [-0.25, -0.2) is 0 Å². The summed E-state index contributed by atoms with van der Waals surface area (Å²) in [4.78, 5) is 0. The Morgan fingerprint density at radius 3 is 2.62 bits per heavy atom. The summed E-state index contributed by atoms with van der Waals surface area (Å²) in [7, 11) is 1.51. The van der Waals surface area contributed by atoms with Gasteiger partial charge in [0.25, 0.3) is 5.88 Å². The summed E-state index contributed by atoms with van der Waals surface area (Å²) in [6, 6.07) is 15.5. The minimum Gasteiger partial charge on any atom is -0.489 e. The molecule has 0 N–H and O–H groups in total. The van der Waals surface area contributed by atoms with Crippen molar-refractivity contribution < 1.29 is 9.47 Å². The number of methoxy groups -OCH3 is 1. The maximum Gasteiger partial charge on any atom is 0.252 e. The van der Waals surface area contributed by atoms with Crippen LogP contribution in [-0.2, 0) is 6.61 Å². The van der Waals surface area contributed by atoms with Gasteiger partial charge in [-0.05, 0) is 17.7 Å². The van der Waals surface area contributed by atoms with Gasteiger partial charge < -0.3 is 9.47 Å². The molecule has 3 aromatic rings. The van der Waals surface area contributed by atoms with Gasteiger partial charge in [-0.1, -0.05) is 41.9 Å². The van der Waals surface area contributed by atoms with Gasteiger partial charge in [0.15, 0.2) is 0 Å². The number of hydrogen-bond acceptors (Lipinski definition) is 4. The van der Waals surface area contributed by atoms with Crippen molar-refractivity contribution in [1.29, 1.82) is 0 Å². The van der Waals surface area contributed by atoms with Crippen LogP contribution in [0.3, 0.4) is 0 Å². The maximum absolute atomic E-state index is 6.20. The Hall–Kier alpha value is -2.33. The predicted molar refractivity (Wildman–Crippen MR) is 81.9 cm³/mol. The molecule has 1 heterocycles. The van der Waals surface area contributed by atoms with Crippen LogP contribution in [0.5, 0.6) is 11.6 Å². The SMILES string of the molecule is COc1nnc2cc(OCc3ccccc3)ccc2c1Cl. The molecule has 0 spiro atoms. The number of halogens is 1. The highest BCUT2D eigenvalue weighted by Crippen LogP contribution is 2.31. The summed E-state index contributed by atoms with van der Waals surface area (Å²) >= 11 is 6.20. The molecule has 0 amide bonds. The Kier molecular flexibility index (Phi) is 3.88. The van der Waals surface area contributed by atoms with Crippen LogP contribution >= 0.6 is 11.6 Å². The average Bonchev–Trinajstić information content (AvgIpc) is 2.54. The first-order valence-electron chi connectivity index (χ1n) is 6.44. The van der Waals surface area contributed by atoms with Crippen molar-refractivity contribution in [3.63, 3.8) is 0 Å². The number of rotatable bonds is 4. The lowest BCUT2D eigenvalue weighted by atomic mass is 10.2. The molecule has 2 aromatic carbocycles. The monoisotopic (exact) mass is 300 g/mol. The molecule has 3 rings (SSSR count). The molecule has 0 atom stereocenters. The van der Waals surface area contributed by atoms with E-state index < -0.39 is 0 Å². The highest BCUT2D eigenvalue weighted by molar-refractivity contribution is 6.36. The zero-order valence-corrected chi connectivity index (χ0v) is 12.2. The van der Waals surface area contributed by atoms with Crippen LogP contribution in [0.1, 0.15) is 5.56 Å². The molecule has 0 fully saturated rings. The molecular weight excluding hydrogens is 288 g/mol. The van der Waals surface area contributed by atoms with E-state index in [2.05, 4.69) is 10.2 Å². The fourth-order valence-electron chi connectivity index (χ4n) is 2.00. The quantitative estimate of drug-likeness (QED) is 0.733. The smallest absolute Gasteiger partial charge is 0.252 e. The molecule has 0 aliphatic carbocycles. The van der Waals surface area contributed by atoms with Crippen molar-refractivity contribution in [3.8, 4) is 11.6 Å². The van der Waals surface area contributed by atoms with Gasteiger partial charge in [0.2, 0.25) is 0 Å². The molecule has 1 aromatic heterocycles. The van der Waals surface area contributed by atoms with E-state index in [-0.39, 0.29) is 0 Å². The van der Waals surface area contributed by atoms with E-state index in [0.29, 0.717) is 23.0 Å². The van der Waals surface area contributed by atoms with E-state index in [1.54, 1.807) is 0 Å². The second-order valence-corrected chi connectivity index (χ2v) is 4.85. The van der Waals surface area contributed by atoms with Crippen LogP contribution in [0.2, 0.25) is 5.02 Å². The summed E-state index contributed by atoms with van der Waals surface area (Å²) < 4.78 is 10.8. The lowest BCUT2D eigenvalue weighted by Crippen LogP contribution is -1.96. The fraction of sp³-hybridized carbons (Fsp3) is 0.125. The molecule has 0 aliphatic rings. The third-order valence-corrected chi connectivity index (χ3v) is 3.45. The molecule has 21 heavy (non-hydrogen) atoms. The molecule has 0 unspecified atom stereocenters. The molecule has 106 valence electrons. The maximum atomic E-state index is 6.20. The number of aromatic nitrogens is 2. The van der Waals surface area contributed by atoms with Crippen LogP contribution in [-0.4, -0.2) is 17.3 Å². The summed E-state index contributed by atoms with van der Waals surface area (Å²) in [5, 5.41) is 9.26. The minimum atomic E-state index is 0.321. The summed E-state index contributed by atoms with van der Waals surface area (Å²) in [5.74, 6) is 1.05. The number of ether oxygens (including phenoxy) is 2. The third kappa shape index (κ3) is 2.90. The molecule has 4 nitrogen and oxygen atoms in total. The highest BCUT2D eigenvalue weighted by Gasteiger charge is 2.09. The number of benzene rings is 2. The Morgan fingerprint density at radius 2 is 1.86 bits per heavy atom. The van der Waals surface area contributed by atoms with Crippen molar-refractivity contribution in [2.75, 3.05) is 7.11 Å². The van der Waals surface area contributed by atoms with Gasteiger partial charge in [0.1, 0.15) is 17.4 Å². The van der Waals surface area contributed by atoms with Gasteiger partial charge in [-0.15, -0.1) is 10.2 Å². The van der Waals surface area contributed by atoms with Gasteiger partial charge in [-0.3, -0.25) is 0 Å². The second kappa shape index (κ2) is 5.97. The van der Waals surface area contributed by atoms with E-state index in [4.69, 9.17) is 21.1 Å². The standard InChI is InChI=1S/C16H13ClN2O2/c1-20-16-15(17)13-8-7-12(9-14(13)18-19-16)21-10-11-5-3-2-4-6-11/h2-9H,10H2,1H3. The first-order valence-corrected chi connectivity index (χ1v) is 6.82. The lowest BCUT2D eigenvalue weighted by molar-refractivity contribution is 0.306. The molecule has 0 radical (unpaired) electrons. The zero-order valence-electron chi connectivity index (χ0n) is 11.4. The van der Waals surface area contributed by atoms with E-state index in [9.17, 15) is 0 Å². The van der Waals surface area contributed by atoms with Crippen LogP contribution in [0.4, 0.5) is 0 Å². The Morgan fingerprint density at radius 1 is 1.05 bits per heavy atom. The van der Waals surface area contributed by atoms with Crippen LogP contribution in [0.15, 0.2) is 48.5 Å². The van der Waals surface area contributed by atoms with Gasteiger partial charge in [-0.2, -0.15) is 0 Å². The normalized spacial score (nSPS) is 10.6. The number of fused-ring (bicyclic) bond motifs is 1. The summed E-state index contributed by atoms with van der Waals surface area (Å²) in [5.41, 5.74) is 1.78. The fourth-order valence-corrected chi connectivity index (χ4v) is 2.27. The Bertz CT molecular complexity index is 763. The van der Waals surface area contributed by atoms with Crippen molar-refractivity contribution in [2.45, 2.75) is 6.61 Å². The third-order valence-electron chi connectivity index (χ3n) is 3.08. The summed E-state index contributed by atoms with van der Waals surface area (Å²) in [6.07, 6.45) is 0. The first kappa shape index (κ1) is 13.6. The van der Waals surface area contributed by atoms with E-state index in [1.165, 1.54) is 7.11 Å². The zero-order chi connectivity index (χ0) is 14.7. The van der Waals surface area contributed by atoms with Crippen LogP contribution in [0, 0.1) is 0 Å². The average molecular weight is 301 g/mol. The number of hydrogen-bond donors (Lipinski definition) is 0. The largest absolute Gasteiger partial charge is 0.489 e. The minimum absolute atomic E-state index is 0.321. The molecule has 0 bridgehead atoms. The van der Waals surface area contributed by atoms with Gasteiger partial charge in [0, 0.05) is 11.5 Å². The van der Waals surface area contributed by atoms with Crippen LogP contribution < -0.4 is 9.47 Å². The molecule has 5 heteroatoms. The van der Waals surface area contributed by atoms with E-state index in [1.807, 2.05) is 48.5 Å². The van der Waals surface area contributed by atoms with Crippen molar-refractivity contribution in [2.24, 2.45) is 0 Å². The van der Waals surface area contributed by atoms with Crippen molar-refractivity contribution >= 4 is 22.5 Å². The van der Waals surface area contributed by atoms with E-state index in [0.717, 1.165) is 16.7 Å². The van der Waals surface area contributed by atoms with Crippen LogP contribution in [0.25, 0.3) is 10.9 Å².